The minimum Gasteiger partial charge on any atom is -0.477 e. The minimum atomic E-state index is -1.16. The zero-order valence-electron chi connectivity index (χ0n) is 6.82. The number of aromatic nitrogens is 2. The van der Waals surface area contributed by atoms with Crippen molar-refractivity contribution in [1.29, 1.82) is 0 Å². The van der Waals surface area contributed by atoms with Crippen LogP contribution in [0.25, 0.3) is 5.52 Å². The van der Waals surface area contributed by atoms with Crippen molar-refractivity contribution in [1.82, 2.24) is 9.38 Å². The molecular formula is C8H5BrN2O3. The summed E-state index contributed by atoms with van der Waals surface area (Å²) >= 11 is 3.20. The van der Waals surface area contributed by atoms with Crippen LogP contribution in [0.1, 0.15) is 10.5 Å². The predicted octanol–water partition coefficient (Wildman–Crippen LogP) is 1.09. The summed E-state index contributed by atoms with van der Waals surface area (Å²) in [4.78, 5) is 24.2. The zero-order valence-corrected chi connectivity index (χ0v) is 8.41. The largest absolute Gasteiger partial charge is 0.477 e. The molecule has 2 aromatic rings. The van der Waals surface area contributed by atoms with Gasteiger partial charge in [0, 0.05) is 16.9 Å². The molecule has 0 saturated carbocycles. The van der Waals surface area contributed by atoms with Gasteiger partial charge in [-0.05, 0) is 22.0 Å². The van der Waals surface area contributed by atoms with E-state index in [1.54, 1.807) is 12.3 Å². The van der Waals surface area contributed by atoms with Gasteiger partial charge in [0.2, 0.25) is 0 Å². The number of halogens is 1. The number of nitrogens with one attached hydrogen (secondary N) is 1. The SMILES string of the molecule is O=C(O)c1cn2cc(Br)cc2c(=O)[nH]1. The number of nitrogens with zero attached hydrogens (tertiary/aromatic N) is 1. The van der Waals surface area contributed by atoms with Crippen LogP contribution < -0.4 is 5.56 Å². The summed E-state index contributed by atoms with van der Waals surface area (Å²) < 4.78 is 2.19. The van der Waals surface area contributed by atoms with E-state index in [-0.39, 0.29) is 5.69 Å². The monoisotopic (exact) mass is 256 g/mol. The van der Waals surface area contributed by atoms with Crippen molar-refractivity contribution in [3.63, 3.8) is 0 Å². The second-order valence-corrected chi connectivity index (χ2v) is 3.67. The fourth-order valence-electron chi connectivity index (χ4n) is 1.20. The summed E-state index contributed by atoms with van der Waals surface area (Å²) in [5, 5.41) is 8.68. The standard InChI is InChI=1S/C8H5BrN2O3/c9-4-1-6-7(12)10-5(8(13)14)3-11(6)2-4/h1-3H,(H,10,12)(H,13,14). The van der Waals surface area contributed by atoms with Crippen LogP contribution in [0.5, 0.6) is 0 Å². The summed E-state index contributed by atoms with van der Waals surface area (Å²) in [5.74, 6) is -1.16. The maximum absolute atomic E-state index is 11.4. The maximum Gasteiger partial charge on any atom is 0.353 e. The number of carboxylic acids is 1. The third-order valence-electron chi connectivity index (χ3n) is 1.79. The second-order valence-electron chi connectivity index (χ2n) is 2.75. The predicted molar refractivity (Wildman–Crippen MR) is 52.7 cm³/mol. The lowest BCUT2D eigenvalue weighted by Crippen LogP contribution is -2.15. The van der Waals surface area contributed by atoms with E-state index in [4.69, 9.17) is 5.11 Å². The molecule has 0 aliphatic heterocycles. The van der Waals surface area contributed by atoms with Crippen LogP contribution >= 0.6 is 15.9 Å². The first-order chi connectivity index (χ1) is 6.58. The molecule has 0 spiro atoms. The number of carbonyl (C=O) groups is 1. The van der Waals surface area contributed by atoms with Gasteiger partial charge in [-0.15, -0.1) is 0 Å². The molecule has 0 unspecified atom stereocenters. The Morgan fingerprint density at radius 2 is 2.21 bits per heavy atom. The Kier molecular flexibility index (Phi) is 1.92. The molecular weight excluding hydrogens is 252 g/mol. The van der Waals surface area contributed by atoms with E-state index in [2.05, 4.69) is 20.9 Å². The number of H-pyrrole nitrogens is 1. The smallest absolute Gasteiger partial charge is 0.353 e. The van der Waals surface area contributed by atoms with Crippen molar-refractivity contribution in [2.45, 2.75) is 0 Å². The second kappa shape index (κ2) is 2.98. The number of carboxylic acid groups (broad SMARTS) is 1. The molecule has 0 atom stereocenters. The summed E-state index contributed by atoms with van der Waals surface area (Å²) in [6, 6.07) is 1.62. The van der Waals surface area contributed by atoms with Gasteiger partial charge in [-0.25, -0.2) is 4.79 Å². The minimum absolute atomic E-state index is 0.134. The van der Waals surface area contributed by atoms with Crippen LogP contribution in [0.2, 0.25) is 0 Å². The van der Waals surface area contributed by atoms with Gasteiger partial charge in [-0.2, -0.15) is 0 Å². The van der Waals surface area contributed by atoms with Gasteiger partial charge in [-0.1, -0.05) is 0 Å². The number of hydrogen-bond acceptors (Lipinski definition) is 2. The van der Waals surface area contributed by atoms with Gasteiger partial charge in [0.25, 0.3) is 5.56 Å². The van der Waals surface area contributed by atoms with Crippen LogP contribution in [-0.4, -0.2) is 20.5 Å². The van der Waals surface area contributed by atoms with Crippen molar-refractivity contribution in [2.24, 2.45) is 0 Å². The first kappa shape index (κ1) is 9.01. The van der Waals surface area contributed by atoms with E-state index >= 15 is 0 Å². The van der Waals surface area contributed by atoms with E-state index in [9.17, 15) is 9.59 Å². The van der Waals surface area contributed by atoms with Crippen LogP contribution in [0, 0.1) is 0 Å². The van der Waals surface area contributed by atoms with Gasteiger partial charge < -0.3 is 14.5 Å². The quantitative estimate of drug-likeness (QED) is 0.802. The topological polar surface area (TPSA) is 74.6 Å². The molecule has 0 amide bonds. The molecule has 0 aliphatic rings. The number of aromatic carboxylic acids is 1. The Morgan fingerprint density at radius 3 is 2.86 bits per heavy atom. The van der Waals surface area contributed by atoms with Crippen molar-refractivity contribution in [3.05, 3.63) is 39.0 Å². The normalized spacial score (nSPS) is 10.6. The molecule has 0 aromatic carbocycles. The zero-order chi connectivity index (χ0) is 10.3. The summed E-state index contributed by atoms with van der Waals surface area (Å²) in [6.45, 7) is 0. The van der Waals surface area contributed by atoms with Gasteiger partial charge in [0.05, 0.1) is 0 Å². The molecule has 14 heavy (non-hydrogen) atoms. The lowest BCUT2D eigenvalue weighted by Gasteiger charge is -1.96. The van der Waals surface area contributed by atoms with Crippen molar-refractivity contribution >= 4 is 27.4 Å². The summed E-state index contributed by atoms with van der Waals surface area (Å²) in [6.07, 6.45) is 2.97. The highest BCUT2D eigenvalue weighted by Gasteiger charge is 2.08. The van der Waals surface area contributed by atoms with Crippen molar-refractivity contribution in [3.8, 4) is 0 Å². The molecule has 2 N–H and O–H groups in total. The molecule has 2 rings (SSSR count). The first-order valence-corrected chi connectivity index (χ1v) is 4.51. The third kappa shape index (κ3) is 1.33. The number of fused-ring (bicyclic) bond motifs is 1. The number of rotatable bonds is 1. The highest BCUT2D eigenvalue weighted by molar-refractivity contribution is 9.10. The summed E-state index contributed by atoms with van der Waals surface area (Å²) in [7, 11) is 0. The van der Waals surface area contributed by atoms with E-state index in [0.29, 0.717) is 5.52 Å². The molecule has 0 radical (unpaired) electrons. The summed E-state index contributed by atoms with van der Waals surface area (Å²) in [5.41, 5.74) is -0.150. The fourth-order valence-corrected chi connectivity index (χ4v) is 1.64. The van der Waals surface area contributed by atoms with Crippen LogP contribution in [-0.2, 0) is 0 Å². The third-order valence-corrected chi connectivity index (χ3v) is 2.23. The van der Waals surface area contributed by atoms with Crippen molar-refractivity contribution in [2.75, 3.05) is 0 Å². The maximum atomic E-state index is 11.4. The number of aromatic amines is 1. The van der Waals surface area contributed by atoms with Crippen LogP contribution in [0.15, 0.2) is 27.7 Å². The van der Waals surface area contributed by atoms with Gasteiger partial charge in [0.1, 0.15) is 11.2 Å². The molecule has 6 heteroatoms. The Bertz CT molecular complexity index is 569. The highest BCUT2D eigenvalue weighted by atomic mass is 79.9. The van der Waals surface area contributed by atoms with Gasteiger partial charge in [0.15, 0.2) is 0 Å². The van der Waals surface area contributed by atoms with Gasteiger partial charge >= 0.3 is 5.97 Å². The first-order valence-electron chi connectivity index (χ1n) is 3.72. The Hall–Kier alpha value is -1.56. The highest BCUT2D eigenvalue weighted by Crippen LogP contribution is 2.12. The lowest BCUT2D eigenvalue weighted by molar-refractivity contribution is 0.0689. The Morgan fingerprint density at radius 1 is 1.50 bits per heavy atom. The average molecular weight is 257 g/mol. The molecule has 2 heterocycles. The molecule has 0 fully saturated rings. The molecule has 0 saturated heterocycles. The Balaban J connectivity index is 2.84. The molecule has 72 valence electrons. The van der Waals surface area contributed by atoms with Gasteiger partial charge in [-0.3, -0.25) is 4.79 Å². The lowest BCUT2D eigenvalue weighted by atomic mass is 10.4. The molecule has 5 nitrogen and oxygen atoms in total. The van der Waals surface area contributed by atoms with Crippen LogP contribution in [0.3, 0.4) is 0 Å². The van der Waals surface area contributed by atoms with E-state index in [0.717, 1.165) is 4.47 Å². The molecule has 0 bridgehead atoms. The Labute approximate surface area is 86.1 Å². The van der Waals surface area contributed by atoms with E-state index < -0.39 is 11.5 Å². The van der Waals surface area contributed by atoms with Crippen LogP contribution in [0.4, 0.5) is 0 Å². The molecule has 2 aromatic heterocycles. The average Bonchev–Trinajstić information content (AvgIpc) is 2.45. The van der Waals surface area contributed by atoms with Crippen molar-refractivity contribution < 1.29 is 9.90 Å². The van der Waals surface area contributed by atoms with E-state index in [1.165, 1.54) is 10.6 Å². The number of hydrogen-bond donors (Lipinski definition) is 2. The fraction of sp³-hybridized carbons (Fsp3) is 0. The van der Waals surface area contributed by atoms with E-state index in [1.807, 2.05) is 0 Å². The molecule has 0 aliphatic carbocycles.